The third-order valence-corrected chi connectivity index (χ3v) is 5.61. The van der Waals surface area contributed by atoms with E-state index in [0.717, 1.165) is 25.7 Å². The number of carboxylic acids is 1. The monoisotopic (exact) mass is 474 g/mol. The molecule has 8 heteroatoms. The largest absolute Gasteiger partial charge is 0.478 e. The summed E-state index contributed by atoms with van der Waals surface area (Å²) in [5.74, 6) is -1.96. The Labute approximate surface area is 204 Å². The molecule has 8 nitrogen and oxygen atoms in total. The van der Waals surface area contributed by atoms with Crippen LogP contribution in [-0.2, 0) is 6.42 Å². The van der Waals surface area contributed by atoms with Gasteiger partial charge in [-0.25, -0.2) is 4.79 Å². The number of aromatic carboxylic acids is 1. The van der Waals surface area contributed by atoms with Crippen LogP contribution in [0.1, 0.15) is 69.2 Å². The van der Waals surface area contributed by atoms with Crippen LogP contribution in [-0.4, -0.2) is 22.9 Å². The molecule has 3 aromatic carbocycles. The number of hydrogen-bond acceptors (Lipinski definition) is 5. The third-order valence-electron chi connectivity index (χ3n) is 5.61. The molecule has 7 N–H and O–H groups in total. The van der Waals surface area contributed by atoms with E-state index in [-0.39, 0.29) is 11.3 Å². The topological polar surface area (TPSA) is 148 Å². The number of carbonyl (C=O) groups excluding carboxylic acids is 2. The smallest absolute Gasteiger partial charge is 0.336 e. The molecular formula is C27H30N4O4. The van der Waals surface area contributed by atoms with E-state index < -0.39 is 17.8 Å². The van der Waals surface area contributed by atoms with Gasteiger partial charge in [-0.05, 0) is 79.1 Å². The zero-order valence-electron chi connectivity index (χ0n) is 19.6. The lowest BCUT2D eigenvalue weighted by atomic mass is 9.97. The second kappa shape index (κ2) is 11.7. The summed E-state index contributed by atoms with van der Waals surface area (Å²) < 4.78 is 0. The van der Waals surface area contributed by atoms with Crippen molar-refractivity contribution in [1.29, 1.82) is 0 Å². The predicted octanol–water partition coefficient (Wildman–Crippen LogP) is 5.18. The minimum absolute atomic E-state index is 0.0317. The molecule has 2 amide bonds. The lowest BCUT2D eigenvalue weighted by Crippen LogP contribution is -2.17. The number of carbonyl (C=O) groups is 3. The number of benzene rings is 3. The van der Waals surface area contributed by atoms with Crippen molar-refractivity contribution in [3.63, 3.8) is 0 Å². The molecule has 0 heterocycles. The van der Waals surface area contributed by atoms with E-state index in [9.17, 15) is 19.5 Å². The van der Waals surface area contributed by atoms with Crippen molar-refractivity contribution in [3.8, 4) is 0 Å². The van der Waals surface area contributed by atoms with Gasteiger partial charge in [-0.1, -0.05) is 26.2 Å². The Balaban J connectivity index is 1.96. The van der Waals surface area contributed by atoms with Crippen molar-refractivity contribution in [2.24, 2.45) is 0 Å². The first-order valence-electron chi connectivity index (χ1n) is 11.5. The zero-order chi connectivity index (χ0) is 25.4. The van der Waals surface area contributed by atoms with Crippen LogP contribution in [0.15, 0.2) is 60.7 Å². The highest BCUT2D eigenvalue weighted by atomic mass is 16.4. The van der Waals surface area contributed by atoms with E-state index in [1.165, 1.54) is 6.07 Å². The first kappa shape index (κ1) is 25.3. The van der Waals surface area contributed by atoms with Crippen LogP contribution in [0.2, 0.25) is 0 Å². The van der Waals surface area contributed by atoms with Crippen molar-refractivity contribution >= 4 is 40.5 Å². The number of unbranched alkanes of at least 4 members (excludes halogenated alkanes) is 3. The van der Waals surface area contributed by atoms with Crippen molar-refractivity contribution in [1.82, 2.24) is 0 Å². The Kier molecular flexibility index (Phi) is 8.45. The molecule has 0 bridgehead atoms. The summed E-state index contributed by atoms with van der Waals surface area (Å²) in [6.45, 7) is 2.10. The van der Waals surface area contributed by atoms with Gasteiger partial charge in [0.25, 0.3) is 11.8 Å². The highest BCUT2D eigenvalue weighted by Gasteiger charge is 2.19. The van der Waals surface area contributed by atoms with Gasteiger partial charge in [0.05, 0.1) is 5.56 Å². The number of nitrogens with two attached hydrogens (primary N) is 2. The standard InChI is InChI=1S/C27H30N4O4/c1-2-3-4-5-6-22-23(27(34)35)15-21(30-25(32)17-7-11-19(28)12-8-17)16-24(22)31-26(33)18-9-13-20(29)14-10-18/h7-16H,2-6,28-29H2,1H3,(H,30,32)(H,31,33)(H,34,35). The summed E-state index contributed by atoms with van der Waals surface area (Å²) in [7, 11) is 0. The molecule has 0 unspecified atom stereocenters. The van der Waals surface area contributed by atoms with E-state index >= 15 is 0 Å². The maximum atomic E-state index is 12.9. The fourth-order valence-corrected chi connectivity index (χ4v) is 3.71. The highest BCUT2D eigenvalue weighted by Crippen LogP contribution is 2.29. The predicted molar refractivity (Wildman–Crippen MR) is 139 cm³/mol. The number of nitrogen functional groups attached to an aromatic ring is 2. The van der Waals surface area contributed by atoms with Gasteiger partial charge in [0, 0.05) is 33.9 Å². The minimum Gasteiger partial charge on any atom is -0.478 e. The summed E-state index contributed by atoms with van der Waals surface area (Å²) in [6, 6.07) is 15.8. The molecule has 0 aliphatic heterocycles. The number of nitrogens with one attached hydrogen (secondary N) is 2. The van der Waals surface area contributed by atoms with Crippen molar-refractivity contribution < 1.29 is 19.5 Å². The number of anilines is 4. The number of rotatable bonds is 10. The summed E-state index contributed by atoms with van der Waals surface area (Å²) >= 11 is 0. The Morgan fingerprint density at radius 3 is 1.83 bits per heavy atom. The molecule has 0 spiro atoms. The molecule has 3 aromatic rings. The van der Waals surface area contributed by atoms with E-state index in [0.29, 0.717) is 40.2 Å². The zero-order valence-corrected chi connectivity index (χ0v) is 19.6. The normalized spacial score (nSPS) is 10.5. The molecule has 0 aliphatic carbocycles. The van der Waals surface area contributed by atoms with Crippen molar-refractivity contribution in [3.05, 3.63) is 82.9 Å². The Hall–Kier alpha value is -4.33. The summed E-state index contributed by atoms with van der Waals surface area (Å²) in [4.78, 5) is 37.8. The lowest BCUT2D eigenvalue weighted by molar-refractivity contribution is 0.0695. The molecule has 0 atom stereocenters. The Morgan fingerprint density at radius 1 is 0.771 bits per heavy atom. The van der Waals surface area contributed by atoms with Crippen LogP contribution in [0.5, 0.6) is 0 Å². The molecule has 0 aliphatic rings. The third kappa shape index (κ3) is 6.83. The van der Waals surface area contributed by atoms with Crippen LogP contribution >= 0.6 is 0 Å². The van der Waals surface area contributed by atoms with E-state index in [1.807, 2.05) is 0 Å². The molecule has 0 saturated carbocycles. The first-order chi connectivity index (χ1) is 16.8. The quantitative estimate of drug-likeness (QED) is 0.202. The van der Waals surface area contributed by atoms with Crippen LogP contribution in [0.25, 0.3) is 0 Å². The highest BCUT2D eigenvalue weighted by molar-refractivity contribution is 6.08. The molecule has 182 valence electrons. The van der Waals surface area contributed by atoms with Crippen LogP contribution < -0.4 is 22.1 Å². The van der Waals surface area contributed by atoms with Gasteiger partial charge >= 0.3 is 5.97 Å². The van der Waals surface area contributed by atoms with Gasteiger partial charge in [0.1, 0.15) is 0 Å². The number of carboxylic acid groups (broad SMARTS) is 1. The van der Waals surface area contributed by atoms with E-state index in [1.54, 1.807) is 54.6 Å². The minimum atomic E-state index is -1.14. The van der Waals surface area contributed by atoms with Gasteiger partial charge < -0.3 is 27.2 Å². The van der Waals surface area contributed by atoms with Gasteiger partial charge in [0.2, 0.25) is 0 Å². The lowest BCUT2D eigenvalue weighted by Gasteiger charge is -2.17. The first-order valence-corrected chi connectivity index (χ1v) is 11.5. The average Bonchev–Trinajstić information content (AvgIpc) is 2.83. The van der Waals surface area contributed by atoms with Crippen molar-refractivity contribution in [2.75, 3.05) is 22.1 Å². The Bertz CT molecular complexity index is 1210. The van der Waals surface area contributed by atoms with Gasteiger partial charge in [-0.2, -0.15) is 0 Å². The van der Waals surface area contributed by atoms with Gasteiger partial charge in [-0.3, -0.25) is 9.59 Å². The number of hydrogen-bond donors (Lipinski definition) is 5. The number of amides is 2. The second-order valence-electron chi connectivity index (χ2n) is 8.32. The van der Waals surface area contributed by atoms with Gasteiger partial charge in [-0.15, -0.1) is 0 Å². The van der Waals surface area contributed by atoms with Crippen LogP contribution in [0.3, 0.4) is 0 Å². The molecule has 0 aromatic heterocycles. The SMILES string of the molecule is CCCCCCc1c(NC(=O)c2ccc(N)cc2)cc(NC(=O)c2ccc(N)cc2)cc1C(=O)O. The fourth-order valence-electron chi connectivity index (χ4n) is 3.71. The summed E-state index contributed by atoms with van der Waals surface area (Å²) in [5.41, 5.74) is 14.3. The molecule has 35 heavy (non-hydrogen) atoms. The maximum absolute atomic E-state index is 12.9. The van der Waals surface area contributed by atoms with Crippen LogP contribution in [0.4, 0.5) is 22.7 Å². The molecule has 0 fully saturated rings. The van der Waals surface area contributed by atoms with Crippen molar-refractivity contribution in [2.45, 2.75) is 39.0 Å². The summed E-state index contributed by atoms with van der Waals surface area (Å²) in [6.07, 6.45) is 4.27. The Morgan fingerprint density at radius 2 is 1.31 bits per heavy atom. The second-order valence-corrected chi connectivity index (χ2v) is 8.32. The average molecular weight is 475 g/mol. The molecule has 0 radical (unpaired) electrons. The fraction of sp³-hybridized carbons (Fsp3) is 0.222. The molecular weight excluding hydrogens is 444 g/mol. The van der Waals surface area contributed by atoms with E-state index in [4.69, 9.17) is 11.5 Å². The molecule has 0 saturated heterocycles. The summed E-state index contributed by atoms with van der Waals surface area (Å²) in [5, 5.41) is 15.5. The molecule has 3 rings (SSSR count). The maximum Gasteiger partial charge on any atom is 0.336 e. The van der Waals surface area contributed by atoms with Crippen LogP contribution in [0, 0.1) is 0 Å². The van der Waals surface area contributed by atoms with Gasteiger partial charge in [0.15, 0.2) is 0 Å². The van der Waals surface area contributed by atoms with E-state index in [2.05, 4.69) is 17.6 Å².